The molecule has 1 aliphatic carbocycles. The standard InChI is InChI=1S/C17H23NO2/c1-12(2)17(20-4)11-13(19-3)9-10-15(17)14-7-5-6-8-16(14)18/h5-12,15H,18H2,1-4H3. The van der Waals surface area contributed by atoms with Gasteiger partial charge in [-0.25, -0.2) is 0 Å². The zero-order chi connectivity index (χ0) is 14.8. The van der Waals surface area contributed by atoms with Crippen molar-refractivity contribution in [3.05, 3.63) is 53.8 Å². The summed E-state index contributed by atoms with van der Waals surface area (Å²) < 4.78 is 11.3. The lowest BCUT2D eigenvalue weighted by Crippen LogP contribution is -2.43. The molecule has 0 saturated heterocycles. The highest BCUT2D eigenvalue weighted by Gasteiger charge is 2.42. The van der Waals surface area contributed by atoms with Crippen molar-refractivity contribution in [2.24, 2.45) is 5.92 Å². The van der Waals surface area contributed by atoms with Gasteiger partial charge in [0.25, 0.3) is 0 Å². The first-order valence-corrected chi connectivity index (χ1v) is 6.89. The van der Waals surface area contributed by atoms with Crippen molar-refractivity contribution < 1.29 is 9.47 Å². The van der Waals surface area contributed by atoms with Crippen LogP contribution < -0.4 is 5.73 Å². The van der Waals surface area contributed by atoms with Gasteiger partial charge in [0.15, 0.2) is 0 Å². The quantitative estimate of drug-likeness (QED) is 0.854. The van der Waals surface area contributed by atoms with Crippen molar-refractivity contribution >= 4 is 5.69 Å². The van der Waals surface area contributed by atoms with Crippen LogP contribution in [0.1, 0.15) is 25.3 Å². The minimum atomic E-state index is -0.449. The van der Waals surface area contributed by atoms with Crippen molar-refractivity contribution in [3.63, 3.8) is 0 Å². The van der Waals surface area contributed by atoms with E-state index in [2.05, 4.69) is 32.1 Å². The van der Waals surface area contributed by atoms with E-state index in [9.17, 15) is 0 Å². The predicted molar refractivity (Wildman–Crippen MR) is 82.4 cm³/mol. The summed E-state index contributed by atoms with van der Waals surface area (Å²) in [6.45, 7) is 4.30. The Morgan fingerprint density at radius 3 is 2.45 bits per heavy atom. The summed E-state index contributed by atoms with van der Waals surface area (Å²) in [5.74, 6) is 1.19. The molecule has 2 rings (SSSR count). The Hall–Kier alpha value is -1.74. The van der Waals surface area contributed by atoms with Crippen LogP contribution in [0.25, 0.3) is 0 Å². The smallest absolute Gasteiger partial charge is 0.117 e. The Morgan fingerprint density at radius 2 is 1.90 bits per heavy atom. The van der Waals surface area contributed by atoms with E-state index in [0.29, 0.717) is 0 Å². The van der Waals surface area contributed by atoms with E-state index in [-0.39, 0.29) is 11.8 Å². The van der Waals surface area contributed by atoms with E-state index < -0.39 is 5.60 Å². The van der Waals surface area contributed by atoms with Crippen molar-refractivity contribution in [3.8, 4) is 0 Å². The molecule has 3 nitrogen and oxygen atoms in total. The number of rotatable bonds is 4. The summed E-state index contributed by atoms with van der Waals surface area (Å²) >= 11 is 0. The number of nitrogen functional groups attached to an aromatic ring is 1. The molecule has 1 aromatic rings. The monoisotopic (exact) mass is 273 g/mol. The summed E-state index contributed by atoms with van der Waals surface area (Å²) in [5.41, 5.74) is 7.58. The molecule has 2 N–H and O–H groups in total. The molecule has 3 heteroatoms. The van der Waals surface area contributed by atoms with Crippen LogP contribution >= 0.6 is 0 Å². The highest BCUT2D eigenvalue weighted by Crippen LogP contribution is 2.44. The lowest BCUT2D eigenvalue weighted by atomic mass is 9.72. The summed E-state index contributed by atoms with van der Waals surface area (Å²) in [4.78, 5) is 0. The Morgan fingerprint density at radius 1 is 1.20 bits per heavy atom. The number of nitrogens with two attached hydrogens (primary N) is 1. The predicted octanol–water partition coefficient (Wildman–Crippen LogP) is 3.49. The molecule has 0 saturated carbocycles. The van der Waals surface area contributed by atoms with Gasteiger partial charge in [0.1, 0.15) is 11.4 Å². The van der Waals surface area contributed by atoms with Crippen LogP contribution in [0.15, 0.2) is 48.3 Å². The van der Waals surface area contributed by atoms with Gasteiger partial charge < -0.3 is 15.2 Å². The van der Waals surface area contributed by atoms with Crippen LogP contribution in [0, 0.1) is 5.92 Å². The van der Waals surface area contributed by atoms with Crippen molar-refractivity contribution in [1.29, 1.82) is 0 Å². The summed E-state index contributed by atoms with van der Waals surface area (Å²) in [6, 6.07) is 7.95. The normalized spacial score (nSPS) is 25.6. The van der Waals surface area contributed by atoms with Crippen LogP contribution in [0.3, 0.4) is 0 Å². The van der Waals surface area contributed by atoms with E-state index in [4.69, 9.17) is 15.2 Å². The van der Waals surface area contributed by atoms with Crippen LogP contribution in [0.4, 0.5) is 5.69 Å². The van der Waals surface area contributed by atoms with E-state index >= 15 is 0 Å². The molecular weight excluding hydrogens is 250 g/mol. The molecule has 0 aliphatic heterocycles. The molecule has 0 heterocycles. The SMILES string of the molecule is COC1=CC(OC)(C(C)C)C(c2ccccc2N)C=C1. The van der Waals surface area contributed by atoms with Gasteiger partial charge in [-0.05, 0) is 29.7 Å². The van der Waals surface area contributed by atoms with Crippen LogP contribution in [-0.2, 0) is 9.47 Å². The molecule has 0 bridgehead atoms. The maximum atomic E-state index is 6.15. The topological polar surface area (TPSA) is 44.5 Å². The number of hydrogen-bond acceptors (Lipinski definition) is 3. The molecule has 0 aromatic heterocycles. The minimum absolute atomic E-state index is 0.0765. The van der Waals surface area contributed by atoms with Gasteiger partial charge in [-0.1, -0.05) is 38.1 Å². The van der Waals surface area contributed by atoms with Crippen molar-refractivity contribution in [1.82, 2.24) is 0 Å². The number of para-hydroxylation sites is 1. The van der Waals surface area contributed by atoms with Crippen LogP contribution in [0.5, 0.6) is 0 Å². The van der Waals surface area contributed by atoms with Gasteiger partial charge in [0.05, 0.1) is 7.11 Å². The zero-order valence-electron chi connectivity index (χ0n) is 12.6. The fraction of sp³-hybridized carbons (Fsp3) is 0.412. The molecular formula is C17H23NO2. The fourth-order valence-corrected chi connectivity index (χ4v) is 2.92. The molecule has 0 spiro atoms. The second-order valence-electron chi connectivity index (χ2n) is 5.43. The Labute approximate surface area is 121 Å². The lowest BCUT2D eigenvalue weighted by Gasteiger charge is -2.42. The molecule has 0 fully saturated rings. The van der Waals surface area contributed by atoms with Gasteiger partial charge in [-0.2, -0.15) is 0 Å². The molecule has 2 atom stereocenters. The van der Waals surface area contributed by atoms with E-state index in [1.165, 1.54) is 0 Å². The molecule has 20 heavy (non-hydrogen) atoms. The first-order valence-electron chi connectivity index (χ1n) is 6.89. The van der Waals surface area contributed by atoms with E-state index in [0.717, 1.165) is 17.0 Å². The largest absolute Gasteiger partial charge is 0.497 e. The minimum Gasteiger partial charge on any atom is -0.497 e. The molecule has 108 valence electrons. The maximum absolute atomic E-state index is 6.15. The Bertz CT molecular complexity index is 534. The second kappa shape index (κ2) is 5.71. The van der Waals surface area contributed by atoms with Gasteiger partial charge in [-0.3, -0.25) is 0 Å². The first kappa shape index (κ1) is 14.7. The van der Waals surface area contributed by atoms with Gasteiger partial charge in [0, 0.05) is 18.7 Å². The van der Waals surface area contributed by atoms with E-state index in [1.54, 1.807) is 14.2 Å². The van der Waals surface area contributed by atoms with Crippen LogP contribution in [-0.4, -0.2) is 19.8 Å². The average Bonchev–Trinajstić information content (AvgIpc) is 2.47. The van der Waals surface area contributed by atoms with Crippen molar-refractivity contribution in [2.75, 3.05) is 20.0 Å². The third-order valence-electron chi connectivity index (χ3n) is 4.13. The third kappa shape index (κ3) is 2.34. The van der Waals surface area contributed by atoms with Gasteiger partial charge >= 0.3 is 0 Å². The summed E-state index contributed by atoms with van der Waals surface area (Å²) in [7, 11) is 3.42. The molecule has 1 aliphatic rings. The molecule has 1 aromatic carbocycles. The highest BCUT2D eigenvalue weighted by molar-refractivity contribution is 5.53. The maximum Gasteiger partial charge on any atom is 0.117 e. The number of allylic oxidation sites excluding steroid dienone is 1. The zero-order valence-corrected chi connectivity index (χ0v) is 12.6. The average molecular weight is 273 g/mol. The second-order valence-corrected chi connectivity index (χ2v) is 5.43. The lowest BCUT2D eigenvalue weighted by molar-refractivity contribution is -0.0217. The third-order valence-corrected chi connectivity index (χ3v) is 4.13. The van der Waals surface area contributed by atoms with Gasteiger partial charge in [0.2, 0.25) is 0 Å². The number of hydrogen-bond donors (Lipinski definition) is 1. The van der Waals surface area contributed by atoms with Crippen LogP contribution in [0.2, 0.25) is 0 Å². The molecule has 0 radical (unpaired) electrons. The number of ether oxygens (including phenoxy) is 2. The fourth-order valence-electron chi connectivity index (χ4n) is 2.92. The van der Waals surface area contributed by atoms with E-state index in [1.807, 2.05) is 24.3 Å². The Balaban J connectivity index is 2.55. The highest BCUT2D eigenvalue weighted by atomic mass is 16.5. The Kier molecular flexibility index (Phi) is 4.19. The number of methoxy groups -OCH3 is 2. The van der Waals surface area contributed by atoms with Gasteiger partial charge in [-0.15, -0.1) is 0 Å². The van der Waals surface area contributed by atoms with Crippen molar-refractivity contribution in [2.45, 2.75) is 25.4 Å². The number of anilines is 1. The summed E-state index contributed by atoms with van der Waals surface area (Å²) in [5, 5.41) is 0. The molecule has 2 unspecified atom stereocenters. The number of benzene rings is 1. The molecule has 0 amide bonds. The first-order chi connectivity index (χ1) is 9.55. The summed E-state index contributed by atoms with van der Waals surface area (Å²) in [6.07, 6.45) is 6.17.